The van der Waals surface area contributed by atoms with Crippen LogP contribution < -0.4 is 5.32 Å². The molecular formula is C18H25ClNO+. The molecule has 0 aliphatic rings. The molecule has 1 aromatic carbocycles. The fourth-order valence-corrected chi connectivity index (χ4v) is 2.64. The maximum Gasteiger partial charge on any atom is 0.158 e. The van der Waals surface area contributed by atoms with Gasteiger partial charge in [-0.05, 0) is 43.5 Å². The van der Waals surface area contributed by atoms with Crippen LogP contribution in [-0.4, -0.2) is 6.54 Å². The molecule has 1 heterocycles. The Morgan fingerprint density at radius 1 is 1.10 bits per heavy atom. The summed E-state index contributed by atoms with van der Waals surface area (Å²) >= 11 is 6.17. The summed E-state index contributed by atoms with van der Waals surface area (Å²) in [7, 11) is 0. The number of benzene rings is 1. The smallest absolute Gasteiger partial charge is 0.158 e. The Morgan fingerprint density at radius 3 is 2.76 bits per heavy atom. The van der Waals surface area contributed by atoms with Crippen molar-refractivity contribution < 1.29 is 9.73 Å². The Bertz CT molecular complexity index is 562. The molecule has 2 rings (SSSR count). The van der Waals surface area contributed by atoms with Crippen molar-refractivity contribution in [3.63, 3.8) is 0 Å². The van der Waals surface area contributed by atoms with Crippen LogP contribution in [-0.2, 0) is 6.54 Å². The van der Waals surface area contributed by atoms with Crippen LogP contribution in [0.1, 0.15) is 43.9 Å². The Kier molecular flexibility index (Phi) is 6.34. The summed E-state index contributed by atoms with van der Waals surface area (Å²) in [6.45, 7) is 6.35. The van der Waals surface area contributed by atoms with E-state index >= 15 is 0 Å². The molecule has 0 fully saturated rings. The van der Waals surface area contributed by atoms with Crippen molar-refractivity contribution in [1.82, 2.24) is 0 Å². The molecule has 21 heavy (non-hydrogen) atoms. The second kappa shape index (κ2) is 8.26. The molecule has 0 atom stereocenters. The van der Waals surface area contributed by atoms with Gasteiger partial charge in [0.1, 0.15) is 12.3 Å². The number of unbranched alkanes of at least 4 members (excludes halogenated alkanes) is 3. The summed E-state index contributed by atoms with van der Waals surface area (Å²) in [6, 6.07) is 10.0. The fraction of sp³-hybridized carbons (Fsp3) is 0.444. The van der Waals surface area contributed by atoms with Crippen LogP contribution in [0.25, 0.3) is 11.3 Å². The van der Waals surface area contributed by atoms with E-state index in [4.69, 9.17) is 16.0 Å². The molecule has 0 radical (unpaired) electrons. The third-order valence-corrected chi connectivity index (χ3v) is 4.21. The summed E-state index contributed by atoms with van der Waals surface area (Å²) in [5, 5.41) is 3.11. The van der Waals surface area contributed by atoms with E-state index in [-0.39, 0.29) is 0 Å². The molecule has 1 aromatic heterocycles. The van der Waals surface area contributed by atoms with Gasteiger partial charge >= 0.3 is 0 Å². The van der Waals surface area contributed by atoms with E-state index in [2.05, 4.69) is 24.4 Å². The lowest BCUT2D eigenvalue weighted by atomic mass is 10.1. The highest BCUT2D eigenvalue weighted by molar-refractivity contribution is 6.31. The monoisotopic (exact) mass is 306 g/mol. The van der Waals surface area contributed by atoms with E-state index in [0.717, 1.165) is 34.2 Å². The van der Waals surface area contributed by atoms with Crippen LogP contribution in [0.5, 0.6) is 0 Å². The van der Waals surface area contributed by atoms with Gasteiger partial charge in [0.05, 0.1) is 6.54 Å². The van der Waals surface area contributed by atoms with Crippen LogP contribution in [0.2, 0.25) is 5.02 Å². The number of halogens is 1. The third-order valence-electron chi connectivity index (χ3n) is 3.80. The zero-order valence-electron chi connectivity index (χ0n) is 13.0. The standard InChI is InChI=1S/C18H24ClNO/c1-3-4-5-6-12-20-13-15-10-11-18(21-15)16-8-7-9-17(19)14(16)2/h7-11,20H,3-6,12-13H2,1-2H3/p+1. The summed E-state index contributed by atoms with van der Waals surface area (Å²) in [5.74, 6) is 1.93. The van der Waals surface area contributed by atoms with Crippen molar-refractivity contribution in [1.29, 1.82) is 0 Å². The number of rotatable bonds is 8. The highest BCUT2D eigenvalue weighted by Crippen LogP contribution is 2.29. The van der Waals surface area contributed by atoms with Gasteiger partial charge < -0.3 is 9.73 Å². The normalized spacial score (nSPS) is 11.0. The molecular weight excluding hydrogens is 282 g/mol. The van der Waals surface area contributed by atoms with E-state index in [1.54, 1.807) is 0 Å². The van der Waals surface area contributed by atoms with Crippen LogP contribution in [0, 0.1) is 6.92 Å². The molecule has 0 aliphatic heterocycles. The number of hydrogen-bond acceptors (Lipinski definition) is 1. The lowest BCUT2D eigenvalue weighted by Gasteiger charge is -2.04. The SMILES string of the molecule is CCCCCC[NH2+]Cc1ccc(-c2cccc(Cl)c2C)o1. The number of furan rings is 1. The van der Waals surface area contributed by atoms with E-state index < -0.39 is 0 Å². The minimum atomic E-state index is 0.785. The van der Waals surface area contributed by atoms with Gasteiger partial charge in [0.25, 0.3) is 0 Å². The van der Waals surface area contributed by atoms with E-state index in [9.17, 15) is 0 Å². The summed E-state index contributed by atoms with van der Waals surface area (Å²) in [6.07, 6.45) is 5.25. The Morgan fingerprint density at radius 2 is 1.95 bits per heavy atom. The molecule has 114 valence electrons. The third kappa shape index (κ3) is 4.62. The lowest BCUT2D eigenvalue weighted by molar-refractivity contribution is -0.672. The van der Waals surface area contributed by atoms with Gasteiger partial charge in [-0.2, -0.15) is 0 Å². The number of quaternary nitrogens is 1. The Balaban J connectivity index is 1.88. The molecule has 0 saturated carbocycles. The average Bonchev–Trinajstić information content (AvgIpc) is 2.94. The summed E-state index contributed by atoms with van der Waals surface area (Å²) in [4.78, 5) is 0. The minimum absolute atomic E-state index is 0.785. The predicted octanol–water partition coefficient (Wildman–Crippen LogP) is 4.55. The fourth-order valence-electron chi connectivity index (χ4n) is 2.47. The first kappa shape index (κ1) is 16.1. The first-order chi connectivity index (χ1) is 10.2. The van der Waals surface area contributed by atoms with Gasteiger partial charge in [0.2, 0.25) is 0 Å². The largest absolute Gasteiger partial charge is 0.455 e. The molecule has 2 nitrogen and oxygen atoms in total. The van der Waals surface area contributed by atoms with Crippen molar-refractivity contribution in [2.24, 2.45) is 0 Å². The first-order valence-electron chi connectivity index (χ1n) is 7.88. The van der Waals surface area contributed by atoms with Crippen LogP contribution in [0.3, 0.4) is 0 Å². The van der Waals surface area contributed by atoms with E-state index in [1.807, 2.05) is 25.1 Å². The quantitative estimate of drug-likeness (QED) is 0.712. The molecule has 0 bridgehead atoms. The Labute approximate surface area is 132 Å². The van der Waals surface area contributed by atoms with Crippen molar-refractivity contribution in [2.45, 2.75) is 46.1 Å². The molecule has 0 spiro atoms. The summed E-state index contributed by atoms with van der Waals surface area (Å²) in [5.41, 5.74) is 2.15. The summed E-state index contributed by atoms with van der Waals surface area (Å²) < 4.78 is 5.94. The van der Waals surface area contributed by atoms with Crippen LogP contribution >= 0.6 is 11.6 Å². The molecule has 0 unspecified atom stereocenters. The predicted molar refractivity (Wildman–Crippen MR) is 88.5 cm³/mol. The van der Waals surface area contributed by atoms with Crippen molar-refractivity contribution >= 4 is 11.6 Å². The zero-order valence-corrected chi connectivity index (χ0v) is 13.7. The maximum atomic E-state index is 6.17. The highest BCUT2D eigenvalue weighted by atomic mass is 35.5. The van der Waals surface area contributed by atoms with Gasteiger partial charge in [-0.3, -0.25) is 0 Å². The number of hydrogen-bond donors (Lipinski definition) is 1. The van der Waals surface area contributed by atoms with Gasteiger partial charge in [-0.1, -0.05) is 43.5 Å². The van der Waals surface area contributed by atoms with E-state index in [0.29, 0.717) is 0 Å². The molecule has 2 aromatic rings. The van der Waals surface area contributed by atoms with Crippen LogP contribution in [0.15, 0.2) is 34.7 Å². The highest BCUT2D eigenvalue weighted by Gasteiger charge is 2.10. The second-order valence-electron chi connectivity index (χ2n) is 5.52. The first-order valence-corrected chi connectivity index (χ1v) is 8.26. The molecule has 3 heteroatoms. The van der Waals surface area contributed by atoms with Gasteiger partial charge in [-0.15, -0.1) is 0 Å². The zero-order chi connectivity index (χ0) is 15.1. The molecule has 0 amide bonds. The van der Waals surface area contributed by atoms with E-state index in [1.165, 1.54) is 32.2 Å². The number of nitrogens with two attached hydrogens (primary N) is 1. The Hall–Kier alpha value is -1.25. The second-order valence-corrected chi connectivity index (χ2v) is 5.93. The molecule has 0 aliphatic carbocycles. The van der Waals surface area contributed by atoms with Crippen molar-refractivity contribution in [3.05, 3.63) is 46.7 Å². The molecule has 2 N–H and O–H groups in total. The van der Waals surface area contributed by atoms with Gasteiger partial charge in [0, 0.05) is 10.6 Å². The topological polar surface area (TPSA) is 29.8 Å². The van der Waals surface area contributed by atoms with Crippen LogP contribution in [0.4, 0.5) is 0 Å². The van der Waals surface area contributed by atoms with Crippen molar-refractivity contribution in [2.75, 3.05) is 6.54 Å². The maximum absolute atomic E-state index is 6.17. The molecule has 0 saturated heterocycles. The average molecular weight is 307 g/mol. The minimum Gasteiger partial charge on any atom is -0.455 e. The van der Waals surface area contributed by atoms with Crippen molar-refractivity contribution in [3.8, 4) is 11.3 Å². The lowest BCUT2D eigenvalue weighted by Crippen LogP contribution is -2.82. The van der Waals surface area contributed by atoms with Gasteiger partial charge in [-0.25, -0.2) is 0 Å². The van der Waals surface area contributed by atoms with Gasteiger partial charge in [0.15, 0.2) is 5.76 Å².